The number of hydrogen-bond acceptors (Lipinski definition) is 3. The van der Waals surface area contributed by atoms with Gasteiger partial charge in [-0.3, -0.25) is 0 Å². The van der Waals surface area contributed by atoms with E-state index in [9.17, 15) is 0 Å². The van der Waals surface area contributed by atoms with Crippen LogP contribution in [0.5, 0.6) is 0 Å². The molecule has 6 heteroatoms. The minimum absolute atomic E-state index is 0.661. The summed E-state index contributed by atoms with van der Waals surface area (Å²) in [5, 5.41) is 4.32. The molecule has 0 amide bonds. The van der Waals surface area contributed by atoms with Crippen molar-refractivity contribution in [1.82, 2.24) is 10.2 Å². The lowest BCUT2D eigenvalue weighted by Gasteiger charge is -2.33. The lowest BCUT2D eigenvalue weighted by molar-refractivity contribution is 0.205. The van der Waals surface area contributed by atoms with Gasteiger partial charge in [0.1, 0.15) is 0 Å². The zero-order valence-corrected chi connectivity index (χ0v) is 15.6. The standard InChI is InChI=1S/C17H25ClN2.Cl2O/c18-16-7-3-6-15(12-16)17(14-4-1-2-5-14)13-20-10-8-19-9-11-20;1-3-2/h3,6-7,12,14,17,19H,1-2,4-5,8-11,13H2;. The molecule has 2 aliphatic rings. The third-order valence-corrected chi connectivity index (χ3v) is 5.15. The Morgan fingerprint density at radius 3 is 2.43 bits per heavy atom. The second-order valence-corrected chi connectivity index (χ2v) is 7.22. The highest BCUT2D eigenvalue weighted by atomic mass is 35.6. The lowest BCUT2D eigenvalue weighted by Crippen LogP contribution is -2.45. The molecule has 0 radical (unpaired) electrons. The number of rotatable bonds is 4. The Bertz CT molecular complexity index is 449. The molecule has 1 atom stereocenters. The van der Waals surface area contributed by atoms with Crippen LogP contribution in [-0.2, 0) is 3.84 Å². The molecule has 1 saturated carbocycles. The van der Waals surface area contributed by atoms with Gasteiger partial charge in [-0.05, 0) is 42.4 Å². The summed E-state index contributed by atoms with van der Waals surface area (Å²) in [6, 6.07) is 8.56. The van der Waals surface area contributed by atoms with E-state index < -0.39 is 0 Å². The van der Waals surface area contributed by atoms with Crippen molar-refractivity contribution in [2.24, 2.45) is 5.92 Å². The van der Waals surface area contributed by atoms with Gasteiger partial charge in [-0.1, -0.05) is 36.6 Å². The molecule has 3 nitrogen and oxygen atoms in total. The SMILES string of the molecule is ClOCl.Clc1cccc(C(CN2CCNCC2)C2CCCC2)c1. The summed E-state index contributed by atoms with van der Waals surface area (Å²) in [6.45, 7) is 5.83. The molecule has 1 N–H and O–H groups in total. The number of benzene rings is 1. The van der Waals surface area contributed by atoms with Gasteiger partial charge in [-0.25, -0.2) is 0 Å². The Morgan fingerprint density at radius 1 is 1.17 bits per heavy atom. The molecule has 1 heterocycles. The van der Waals surface area contributed by atoms with Crippen molar-refractivity contribution in [3.63, 3.8) is 0 Å². The molecule has 1 aliphatic heterocycles. The fraction of sp³-hybridized carbons (Fsp3) is 0.647. The Morgan fingerprint density at radius 2 is 1.83 bits per heavy atom. The van der Waals surface area contributed by atoms with Crippen molar-refractivity contribution < 1.29 is 3.84 Å². The molecule has 1 unspecified atom stereocenters. The van der Waals surface area contributed by atoms with E-state index in [1.807, 2.05) is 6.07 Å². The van der Waals surface area contributed by atoms with Crippen LogP contribution >= 0.6 is 35.3 Å². The first-order valence-electron chi connectivity index (χ1n) is 8.32. The van der Waals surface area contributed by atoms with Gasteiger partial charge < -0.3 is 10.2 Å². The van der Waals surface area contributed by atoms with E-state index in [0.717, 1.165) is 24.0 Å². The number of nitrogens with one attached hydrogen (secondary N) is 1. The first kappa shape index (κ1) is 19.3. The molecule has 0 bridgehead atoms. The van der Waals surface area contributed by atoms with Gasteiger partial charge in [0.25, 0.3) is 0 Å². The number of halogens is 3. The third kappa shape index (κ3) is 6.41. The topological polar surface area (TPSA) is 24.5 Å². The van der Waals surface area contributed by atoms with Crippen LogP contribution in [-0.4, -0.2) is 37.6 Å². The van der Waals surface area contributed by atoms with Crippen molar-refractivity contribution in [2.75, 3.05) is 32.7 Å². The zero-order valence-electron chi connectivity index (χ0n) is 13.3. The van der Waals surface area contributed by atoms with Crippen LogP contribution in [0.4, 0.5) is 0 Å². The van der Waals surface area contributed by atoms with Gasteiger partial charge >= 0.3 is 0 Å². The number of piperazine rings is 1. The third-order valence-electron chi connectivity index (χ3n) is 4.91. The average Bonchev–Trinajstić information content (AvgIpc) is 3.08. The van der Waals surface area contributed by atoms with Gasteiger partial charge in [-0.2, -0.15) is 3.84 Å². The van der Waals surface area contributed by atoms with Crippen LogP contribution in [0.15, 0.2) is 24.3 Å². The maximum atomic E-state index is 6.21. The van der Waals surface area contributed by atoms with Gasteiger partial charge in [0.2, 0.25) is 0 Å². The van der Waals surface area contributed by atoms with Crippen molar-refractivity contribution in [3.05, 3.63) is 34.9 Å². The van der Waals surface area contributed by atoms with E-state index in [1.165, 1.54) is 50.9 Å². The number of nitrogens with zero attached hydrogens (tertiary/aromatic N) is 1. The van der Waals surface area contributed by atoms with Crippen molar-refractivity contribution in [1.29, 1.82) is 0 Å². The number of hydrogen-bond donors (Lipinski definition) is 1. The summed E-state index contributed by atoms with van der Waals surface area (Å²) in [4.78, 5) is 2.63. The smallest absolute Gasteiger partial charge is 0.0832 e. The fourth-order valence-corrected chi connectivity index (χ4v) is 3.99. The summed E-state index contributed by atoms with van der Waals surface area (Å²) in [7, 11) is 0. The predicted molar refractivity (Wildman–Crippen MR) is 98.3 cm³/mol. The monoisotopic (exact) mass is 378 g/mol. The van der Waals surface area contributed by atoms with Crippen molar-refractivity contribution in [3.8, 4) is 0 Å². The van der Waals surface area contributed by atoms with Crippen LogP contribution in [0.2, 0.25) is 5.02 Å². The molecule has 23 heavy (non-hydrogen) atoms. The highest BCUT2D eigenvalue weighted by molar-refractivity contribution is 6.30. The van der Waals surface area contributed by atoms with Crippen LogP contribution in [0.25, 0.3) is 0 Å². The predicted octanol–water partition coefficient (Wildman–Crippen LogP) is 4.83. The van der Waals surface area contributed by atoms with Crippen LogP contribution in [0.1, 0.15) is 37.2 Å². The lowest BCUT2D eigenvalue weighted by atomic mass is 9.84. The van der Waals surface area contributed by atoms with Crippen molar-refractivity contribution >= 4 is 35.3 Å². The van der Waals surface area contributed by atoms with E-state index in [2.05, 4.69) is 56.0 Å². The van der Waals surface area contributed by atoms with E-state index in [1.54, 1.807) is 0 Å². The van der Waals surface area contributed by atoms with Gasteiger partial charge in [0, 0.05) is 37.7 Å². The molecule has 3 rings (SSSR count). The second kappa shape index (κ2) is 10.8. The molecule has 1 aromatic carbocycles. The minimum atomic E-state index is 0.661. The molecule has 0 aromatic heterocycles. The molecule has 0 spiro atoms. The van der Waals surface area contributed by atoms with Gasteiger partial charge in [-0.15, -0.1) is 0 Å². The molecular weight excluding hydrogens is 355 g/mol. The normalized spacial score (nSPS) is 20.8. The maximum absolute atomic E-state index is 6.21. The average molecular weight is 380 g/mol. The largest absolute Gasteiger partial charge is 0.314 e. The molecule has 2 fully saturated rings. The Labute approximate surface area is 154 Å². The summed E-state index contributed by atoms with van der Waals surface area (Å²) < 4.78 is 3.19. The first-order chi connectivity index (χ1) is 11.2. The highest BCUT2D eigenvalue weighted by Crippen LogP contribution is 2.38. The fourth-order valence-electron chi connectivity index (χ4n) is 3.80. The van der Waals surface area contributed by atoms with E-state index in [0.29, 0.717) is 5.92 Å². The summed E-state index contributed by atoms with van der Waals surface area (Å²) in [6.07, 6.45) is 5.60. The van der Waals surface area contributed by atoms with Gasteiger partial charge in [0.05, 0.1) is 23.7 Å². The van der Waals surface area contributed by atoms with Crippen LogP contribution in [0, 0.1) is 5.92 Å². The van der Waals surface area contributed by atoms with E-state index >= 15 is 0 Å². The Balaban J connectivity index is 0.000000595. The van der Waals surface area contributed by atoms with Gasteiger partial charge in [0.15, 0.2) is 0 Å². The maximum Gasteiger partial charge on any atom is 0.0832 e. The van der Waals surface area contributed by atoms with Crippen LogP contribution < -0.4 is 5.32 Å². The summed E-state index contributed by atoms with van der Waals surface area (Å²) in [5.41, 5.74) is 1.45. The molecular formula is C17H25Cl3N2O. The molecule has 1 saturated heterocycles. The van der Waals surface area contributed by atoms with Crippen LogP contribution in [0.3, 0.4) is 0 Å². The minimum Gasteiger partial charge on any atom is -0.314 e. The van der Waals surface area contributed by atoms with Crippen molar-refractivity contribution in [2.45, 2.75) is 31.6 Å². The zero-order chi connectivity index (χ0) is 16.5. The molecule has 1 aromatic rings. The highest BCUT2D eigenvalue weighted by Gasteiger charge is 2.28. The molecule has 130 valence electrons. The van der Waals surface area contributed by atoms with E-state index in [-0.39, 0.29) is 0 Å². The van der Waals surface area contributed by atoms with E-state index in [4.69, 9.17) is 11.6 Å². The summed E-state index contributed by atoms with van der Waals surface area (Å²) >= 11 is 14.7. The Kier molecular flexibility index (Phi) is 9.02. The molecule has 1 aliphatic carbocycles. The Hall–Kier alpha value is -0.0300. The second-order valence-electron chi connectivity index (χ2n) is 6.31. The first-order valence-corrected chi connectivity index (χ1v) is 9.32. The summed E-state index contributed by atoms with van der Waals surface area (Å²) in [5.74, 6) is 1.51. The quantitative estimate of drug-likeness (QED) is 0.811.